The molecule has 9 heteroatoms. The molecule has 1 amide bonds. The van der Waals surface area contributed by atoms with Gasteiger partial charge < -0.3 is 14.5 Å². The number of hydrogen-bond donors (Lipinski definition) is 0. The topological polar surface area (TPSA) is 58.6 Å². The van der Waals surface area contributed by atoms with Crippen LogP contribution in [0.4, 0.5) is 19.0 Å². The minimum Gasteiger partial charge on any atom is -0.497 e. The van der Waals surface area contributed by atoms with Crippen molar-refractivity contribution < 1.29 is 22.7 Å². The molecule has 4 rings (SSSR count). The zero-order valence-electron chi connectivity index (χ0n) is 17.3. The van der Waals surface area contributed by atoms with Crippen LogP contribution in [-0.4, -0.2) is 54.1 Å². The van der Waals surface area contributed by atoms with Crippen molar-refractivity contribution >= 4 is 11.7 Å². The molecule has 1 aliphatic rings. The number of aromatic nitrogens is 2. The zero-order valence-corrected chi connectivity index (χ0v) is 17.3. The summed E-state index contributed by atoms with van der Waals surface area (Å²) in [5, 5.41) is 0. The maximum absolute atomic E-state index is 12.7. The molecule has 2 heterocycles. The van der Waals surface area contributed by atoms with Crippen LogP contribution in [0, 0.1) is 0 Å². The fourth-order valence-corrected chi connectivity index (χ4v) is 3.56. The highest BCUT2D eigenvalue weighted by molar-refractivity contribution is 5.94. The highest BCUT2D eigenvalue weighted by Crippen LogP contribution is 2.29. The number of nitrogens with zero attached hydrogens (tertiary/aromatic N) is 4. The molecule has 0 aliphatic carbocycles. The Balaban J connectivity index is 1.40. The fraction of sp³-hybridized carbons (Fsp3) is 0.261. The molecule has 3 aromatic rings. The Morgan fingerprint density at radius 2 is 1.59 bits per heavy atom. The van der Waals surface area contributed by atoms with Crippen molar-refractivity contribution in [2.24, 2.45) is 0 Å². The molecule has 0 radical (unpaired) electrons. The average molecular weight is 442 g/mol. The van der Waals surface area contributed by atoms with Crippen LogP contribution in [-0.2, 0) is 6.18 Å². The van der Waals surface area contributed by atoms with Crippen molar-refractivity contribution in [2.75, 3.05) is 38.2 Å². The molecule has 6 nitrogen and oxygen atoms in total. The molecule has 1 aromatic heterocycles. The number of piperazine rings is 1. The minimum atomic E-state index is -4.42. The van der Waals surface area contributed by atoms with Crippen LogP contribution in [0.1, 0.15) is 15.9 Å². The molecule has 0 bridgehead atoms. The van der Waals surface area contributed by atoms with Crippen LogP contribution in [0.2, 0.25) is 0 Å². The maximum Gasteiger partial charge on any atom is 0.416 e. The summed E-state index contributed by atoms with van der Waals surface area (Å²) in [6, 6.07) is 13.8. The summed E-state index contributed by atoms with van der Waals surface area (Å²) < 4.78 is 43.4. The van der Waals surface area contributed by atoms with E-state index in [2.05, 4.69) is 14.9 Å². The van der Waals surface area contributed by atoms with Gasteiger partial charge >= 0.3 is 6.18 Å². The molecule has 32 heavy (non-hydrogen) atoms. The minimum absolute atomic E-state index is 0.246. The summed E-state index contributed by atoms with van der Waals surface area (Å²) in [5.74, 6) is 1.24. The molecule has 0 saturated carbocycles. The van der Waals surface area contributed by atoms with Gasteiger partial charge in [0.05, 0.1) is 18.4 Å². The van der Waals surface area contributed by atoms with E-state index in [4.69, 9.17) is 4.74 Å². The quantitative estimate of drug-likeness (QED) is 0.608. The molecule has 0 spiro atoms. The van der Waals surface area contributed by atoms with Crippen molar-refractivity contribution in [2.45, 2.75) is 6.18 Å². The highest BCUT2D eigenvalue weighted by Gasteiger charge is 2.31. The van der Waals surface area contributed by atoms with Crippen molar-refractivity contribution in [3.05, 3.63) is 72.1 Å². The van der Waals surface area contributed by atoms with E-state index >= 15 is 0 Å². The number of benzene rings is 2. The van der Waals surface area contributed by atoms with Crippen LogP contribution >= 0.6 is 0 Å². The van der Waals surface area contributed by atoms with Crippen LogP contribution in [0.3, 0.4) is 0 Å². The summed E-state index contributed by atoms with van der Waals surface area (Å²) in [6.45, 7) is 2.01. The van der Waals surface area contributed by atoms with Gasteiger partial charge in [-0.05, 0) is 48.5 Å². The standard InChI is InChI=1S/C23H21F3N4O2/c1-32-19-8-4-16(5-9-19)20-14-21(28-15-27-20)29-10-12-30(13-11-29)22(31)17-2-6-18(7-3-17)23(24,25)26/h2-9,14-15H,10-13H2,1H3. The molecular formula is C23H21F3N4O2. The first-order valence-corrected chi connectivity index (χ1v) is 10.0. The highest BCUT2D eigenvalue weighted by atomic mass is 19.4. The normalized spacial score (nSPS) is 14.4. The van der Waals surface area contributed by atoms with E-state index < -0.39 is 11.7 Å². The van der Waals surface area contributed by atoms with Crippen LogP contribution in [0.15, 0.2) is 60.9 Å². The van der Waals surface area contributed by atoms with Gasteiger partial charge in [-0.25, -0.2) is 9.97 Å². The summed E-state index contributed by atoms with van der Waals surface area (Å²) in [4.78, 5) is 25.1. The van der Waals surface area contributed by atoms with Crippen molar-refractivity contribution in [1.29, 1.82) is 0 Å². The van der Waals surface area contributed by atoms with Crippen LogP contribution in [0.25, 0.3) is 11.3 Å². The molecular weight excluding hydrogens is 421 g/mol. The molecule has 1 fully saturated rings. The lowest BCUT2D eigenvalue weighted by atomic mass is 10.1. The molecule has 2 aromatic carbocycles. The molecule has 0 atom stereocenters. The van der Waals surface area contributed by atoms with E-state index in [1.165, 1.54) is 18.5 Å². The van der Waals surface area contributed by atoms with E-state index in [1.54, 1.807) is 12.0 Å². The number of alkyl halides is 3. The van der Waals surface area contributed by atoms with Gasteiger partial charge in [-0.2, -0.15) is 13.2 Å². The largest absolute Gasteiger partial charge is 0.497 e. The van der Waals surface area contributed by atoms with Crippen LogP contribution < -0.4 is 9.64 Å². The van der Waals surface area contributed by atoms with Crippen molar-refractivity contribution in [1.82, 2.24) is 14.9 Å². The van der Waals surface area contributed by atoms with Gasteiger partial charge in [0, 0.05) is 43.4 Å². The smallest absolute Gasteiger partial charge is 0.416 e. The number of hydrogen-bond acceptors (Lipinski definition) is 5. The first-order chi connectivity index (χ1) is 15.3. The van der Waals surface area contributed by atoms with E-state index in [-0.39, 0.29) is 11.5 Å². The average Bonchev–Trinajstić information content (AvgIpc) is 2.83. The summed E-state index contributed by atoms with van der Waals surface area (Å²) >= 11 is 0. The predicted octanol–water partition coefficient (Wildman–Crippen LogP) is 4.13. The summed E-state index contributed by atoms with van der Waals surface area (Å²) in [6.07, 6.45) is -2.91. The van der Waals surface area contributed by atoms with Gasteiger partial charge in [0.15, 0.2) is 0 Å². The van der Waals surface area contributed by atoms with Gasteiger partial charge in [0.25, 0.3) is 5.91 Å². The van der Waals surface area contributed by atoms with E-state index in [0.29, 0.717) is 26.2 Å². The number of rotatable bonds is 4. The molecule has 0 N–H and O–H groups in total. The Hall–Kier alpha value is -3.62. The van der Waals surface area contributed by atoms with E-state index in [0.717, 1.165) is 35.0 Å². The monoisotopic (exact) mass is 442 g/mol. The van der Waals surface area contributed by atoms with Gasteiger partial charge in [0.1, 0.15) is 17.9 Å². The van der Waals surface area contributed by atoms with Gasteiger partial charge in [-0.1, -0.05) is 0 Å². The fourth-order valence-electron chi connectivity index (χ4n) is 3.56. The second-order valence-corrected chi connectivity index (χ2v) is 7.34. The van der Waals surface area contributed by atoms with Gasteiger partial charge in [-0.15, -0.1) is 0 Å². The van der Waals surface area contributed by atoms with Crippen molar-refractivity contribution in [3.8, 4) is 17.0 Å². The van der Waals surface area contributed by atoms with E-state index in [1.807, 2.05) is 30.3 Å². The maximum atomic E-state index is 12.7. The van der Waals surface area contributed by atoms with Crippen molar-refractivity contribution in [3.63, 3.8) is 0 Å². The third kappa shape index (κ3) is 4.66. The Morgan fingerprint density at radius 1 is 0.938 bits per heavy atom. The lowest BCUT2D eigenvalue weighted by molar-refractivity contribution is -0.137. The SMILES string of the molecule is COc1ccc(-c2cc(N3CCN(C(=O)c4ccc(C(F)(F)F)cc4)CC3)ncn2)cc1. The molecule has 1 aliphatic heterocycles. The predicted molar refractivity (Wildman–Crippen MR) is 114 cm³/mol. The second-order valence-electron chi connectivity index (χ2n) is 7.34. The first kappa shape index (κ1) is 21.6. The second kappa shape index (κ2) is 8.86. The molecule has 166 valence electrons. The molecule has 1 saturated heterocycles. The first-order valence-electron chi connectivity index (χ1n) is 10.0. The van der Waals surface area contributed by atoms with Crippen LogP contribution in [0.5, 0.6) is 5.75 Å². The Bertz CT molecular complexity index is 1080. The number of carbonyl (C=O) groups is 1. The summed E-state index contributed by atoms with van der Waals surface area (Å²) in [5.41, 5.74) is 1.19. The number of halogens is 3. The van der Waals surface area contributed by atoms with E-state index in [9.17, 15) is 18.0 Å². The number of amides is 1. The number of ether oxygens (including phenoxy) is 1. The van der Waals surface area contributed by atoms with Gasteiger partial charge in [-0.3, -0.25) is 4.79 Å². The Kier molecular flexibility index (Phi) is 5.98. The number of methoxy groups -OCH3 is 1. The Labute approximate surface area is 183 Å². The third-order valence-electron chi connectivity index (χ3n) is 5.39. The number of anilines is 1. The number of carbonyl (C=O) groups excluding carboxylic acids is 1. The van der Waals surface area contributed by atoms with Gasteiger partial charge in [0.2, 0.25) is 0 Å². The third-order valence-corrected chi connectivity index (χ3v) is 5.39. The lowest BCUT2D eigenvalue weighted by Gasteiger charge is -2.35. The zero-order chi connectivity index (χ0) is 22.7. The summed E-state index contributed by atoms with van der Waals surface area (Å²) in [7, 11) is 1.61. The lowest BCUT2D eigenvalue weighted by Crippen LogP contribution is -2.49. The molecule has 0 unspecified atom stereocenters. The Morgan fingerprint density at radius 3 is 2.19 bits per heavy atom.